The van der Waals surface area contributed by atoms with E-state index in [-0.39, 0.29) is 12.2 Å². The van der Waals surface area contributed by atoms with Gasteiger partial charge in [-0.1, -0.05) is 67.6 Å². The van der Waals surface area contributed by atoms with E-state index in [4.69, 9.17) is 0 Å². The summed E-state index contributed by atoms with van der Waals surface area (Å²) in [6.45, 7) is 1.83. The van der Waals surface area contributed by atoms with Crippen LogP contribution in [0.2, 0.25) is 0 Å². The highest BCUT2D eigenvalue weighted by molar-refractivity contribution is 5.90. The highest BCUT2D eigenvalue weighted by Gasteiger charge is 2.35. The molecule has 0 spiro atoms. The van der Waals surface area contributed by atoms with Crippen molar-refractivity contribution in [2.75, 3.05) is 0 Å². The number of aliphatic hydroxyl groups is 1. The number of hydrogen-bond donors (Lipinski definition) is 1. The fourth-order valence-corrected chi connectivity index (χ4v) is 2.20. The molecule has 2 nitrogen and oxygen atoms in total. The van der Waals surface area contributed by atoms with Crippen molar-refractivity contribution in [1.82, 2.24) is 0 Å². The van der Waals surface area contributed by atoms with E-state index in [0.29, 0.717) is 12.0 Å². The van der Waals surface area contributed by atoms with Crippen LogP contribution in [-0.4, -0.2) is 10.9 Å². The van der Waals surface area contributed by atoms with Crippen LogP contribution in [0.3, 0.4) is 0 Å². The van der Waals surface area contributed by atoms with Gasteiger partial charge in [-0.3, -0.25) is 4.79 Å². The van der Waals surface area contributed by atoms with Crippen LogP contribution >= 0.6 is 0 Å². The zero-order valence-corrected chi connectivity index (χ0v) is 11.0. The molecular formula is C17H18O2. The smallest absolute Gasteiger partial charge is 0.173 e. The van der Waals surface area contributed by atoms with Crippen molar-refractivity contribution < 1.29 is 9.90 Å². The standard InChI is InChI=1S/C17H18O2/c1-2-17(19,15-11-7-4-8-12-15)16(18)13-14-9-5-3-6-10-14/h3-12,19H,2,13H2,1H3. The minimum Gasteiger partial charge on any atom is -0.377 e. The Bertz CT molecular complexity index is 534. The molecule has 2 rings (SSSR count). The van der Waals surface area contributed by atoms with Crippen LogP contribution in [0.25, 0.3) is 0 Å². The van der Waals surface area contributed by atoms with Gasteiger partial charge in [0.2, 0.25) is 0 Å². The van der Waals surface area contributed by atoms with Crippen LogP contribution in [0, 0.1) is 0 Å². The summed E-state index contributed by atoms with van der Waals surface area (Å²) in [4.78, 5) is 12.4. The van der Waals surface area contributed by atoms with Crippen LogP contribution in [0.4, 0.5) is 0 Å². The number of carbonyl (C=O) groups excluding carboxylic acids is 1. The zero-order valence-electron chi connectivity index (χ0n) is 11.0. The van der Waals surface area contributed by atoms with Crippen molar-refractivity contribution in [3.05, 3.63) is 71.8 Å². The van der Waals surface area contributed by atoms with E-state index in [1.807, 2.05) is 55.5 Å². The molecule has 98 valence electrons. The Labute approximate surface area is 113 Å². The van der Waals surface area contributed by atoms with Crippen molar-refractivity contribution in [2.45, 2.75) is 25.4 Å². The first kappa shape index (κ1) is 13.5. The van der Waals surface area contributed by atoms with Gasteiger partial charge in [0.25, 0.3) is 0 Å². The van der Waals surface area contributed by atoms with Crippen LogP contribution < -0.4 is 0 Å². The summed E-state index contributed by atoms with van der Waals surface area (Å²) in [6, 6.07) is 18.7. The van der Waals surface area contributed by atoms with Gasteiger partial charge in [-0.2, -0.15) is 0 Å². The maximum atomic E-state index is 12.4. The first-order chi connectivity index (χ1) is 9.16. The lowest BCUT2D eigenvalue weighted by molar-refractivity contribution is -0.138. The summed E-state index contributed by atoms with van der Waals surface area (Å²) in [7, 11) is 0. The second-order valence-electron chi connectivity index (χ2n) is 4.67. The summed E-state index contributed by atoms with van der Waals surface area (Å²) in [5.41, 5.74) is 0.200. The minimum absolute atomic E-state index is 0.160. The number of benzene rings is 2. The molecule has 2 heteroatoms. The molecule has 0 saturated carbocycles. The number of rotatable bonds is 5. The van der Waals surface area contributed by atoms with E-state index in [2.05, 4.69) is 0 Å². The Hall–Kier alpha value is -1.93. The van der Waals surface area contributed by atoms with Crippen LogP contribution in [0.15, 0.2) is 60.7 Å². The van der Waals surface area contributed by atoms with E-state index in [1.54, 1.807) is 12.1 Å². The molecule has 2 aromatic carbocycles. The van der Waals surface area contributed by atoms with Crippen molar-refractivity contribution in [3.8, 4) is 0 Å². The number of hydrogen-bond acceptors (Lipinski definition) is 2. The molecule has 0 heterocycles. The first-order valence-electron chi connectivity index (χ1n) is 6.52. The van der Waals surface area contributed by atoms with Crippen molar-refractivity contribution in [1.29, 1.82) is 0 Å². The van der Waals surface area contributed by atoms with E-state index in [0.717, 1.165) is 5.56 Å². The Morgan fingerprint density at radius 2 is 1.53 bits per heavy atom. The van der Waals surface area contributed by atoms with Crippen LogP contribution in [0.1, 0.15) is 24.5 Å². The lowest BCUT2D eigenvalue weighted by Gasteiger charge is -2.25. The molecule has 0 aliphatic rings. The van der Waals surface area contributed by atoms with E-state index < -0.39 is 5.60 Å². The number of carbonyl (C=O) groups is 1. The quantitative estimate of drug-likeness (QED) is 0.890. The molecule has 1 atom stereocenters. The fourth-order valence-electron chi connectivity index (χ4n) is 2.20. The SMILES string of the molecule is CCC(O)(C(=O)Cc1ccccc1)c1ccccc1. The maximum Gasteiger partial charge on any atom is 0.173 e. The molecule has 1 unspecified atom stereocenters. The maximum absolute atomic E-state index is 12.4. The van der Waals surface area contributed by atoms with Gasteiger partial charge in [-0.25, -0.2) is 0 Å². The van der Waals surface area contributed by atoms with Gasteiger partial charge in [0, 0.05) is 6.42 Å². The topological polar surface area (TPSA) is 37.3 Å². The Balaban J connectivity index is 2.24. The van der Waals surface area contributed by atoms with Gasteiger partial charge in [-0.15, -0.1) is 0 Å². The Kier molecular flexibility index (Phi) is 4.13. The van der Waals surface area contributed by atoms with Gasteiger partial charge >= 0.3 is 0 Å². The molecule has 0 aliphatic carbocycles. The molecule has 0 bridgehead atoms. The summed E-state index contributed by atoms with van der Waals surface area (Å²) in [6.07, 6.45) is 0.628. The molecule has 1 N–H and O–H groups in total. The third-order valence-corrected chi connectivity index (χ3v) is 3.43. The summed E-state index contributed by atoms with van der Waals surface area (Å²) in [5, 5.41) is 10.7. The summed E-state index contributed by atoms with van der Waals surface area (Å²) >= 11 is 0. The highest BCUT2D eigenvalue weighted by atomic mass is 16.3. The van der Waals surface area contributed by atoms with E-state index in [1.165, 1.54) is 0 Å². The minimum atomic E-state index is -1.39. The van der Waals surface area contributed by atoms with Crippen LogP contribution in [-0.2, 0) is 16.8 Å². The van der Waals surface area contributed by atoms with E-state index >= 15 is 0 Å². The van der Waals surface area contributed by atoms with Crippen molar-refractivity contribution >= 4 is 5.78 Å². The largest absolute Gasteiger partial charge is 0.377 e. The van der Waals surface area contributed by atoms with Crippen LogP contribution in [0.5, 0.6) is 0 Å². The van der Waals surface area contributed by atoms with Gasteiger partial charge in [-0.05, 0) is 17.5 Å². The Morgan fingerprint density at radius 3 is 2.05 bits per heavy atom. The first-order valence-corrected chi connectivity index (χ1v) is 6.52. The monoisotopic (exact) mass is 254 g/mol. The third-order valence-electron chi connectivity index (χ3n) is 3.43. The molecule has 0 saturated heterocycles. The third kappa shape index (κ3) is 2.91. The molecule has 19 heavy (non-hydrogen) atoms. The number of ketones is 1. The molecule has 0 radical (unpaired) electrons. The highest BCUT2D eigenvalue weighted by Crippen LogP contribution is 2.27. The predicted octanol–water partition coefficient (Wildman–Crippen LogP) is 3.10. The lowest BCUT2D eigenvalue weighted by Crippen LogP contribution is -2.36. The van der Waals surface area contributed by atoms with Gasteiger partial charge < -0.3 is 5.11 Å². The summed E-state index contributed by atoms with van der Waals surface area (Å²) in [5.74, 6) is -0.160. The molecule has 0 aliphatic heterocycles. The molecule has 0 amide bonds. The van der Waals surface area contributed by atoms with Gasteiger partial charge in [0.15, 0.2) is 5.78 Å². The molecular weight excluding hydrogens is 236 g/mol. The van der Waals surface area contributed by atoms with Gasteiger partial charge in [0.1, 0.15) is 5.60 Å². The lowest BCUT2D eigenvalue weighted by atomic mass is 9.84. The normalized spacial score (nSPS) is 13.8. The molecule has 0 fully saturated rings. The molecule has 0 aromatic heterocycles. The second kappa shape index (κ2) is 5.81. The fraction of sp³-hybridized carbons (Fsp3) is 0.235. The average Bonchev–Trinajstić information content (AvgIpc) is 2.48. The second-order valence-corrected chi connectivity index (χ2v) is 4.67. The average molecular weight is 254 g/mol. The zero-order chi connectivity index (χ0) is 13.7. The summed E-state index contributed by atoms with van der Waals surface area (Å²) < 4.78 is 0. The predicted molar refractivity (Wildman–Crippen MR) is 75.8 cm³/mol. The van der Waals surface area contributed by atoms with Crippen molar-refractivity contribution in [2.24, 2.45) is 0 Å². The number of Topliss-reactive ketones (excluding diaryl/α,β-unsaturated/α-hetero) is 1. The van der Waals surface area contributed by atoms with Gasteiger partial charge in [0.05, 0.1) is 0 Å². The Morgan fingerprint density at radius 1 is 1.00 bits per heavy atom. The van der Waals surface area contributed by atoms with Crippen molar-refractivity contribution in [3.63, 3.8) is 0 Å². The van der Waals surface area contributed by atoms with E-state index in [9.17, 15) is 9.90 Å². The molecule has 2 aromatic rings.